The third kappa shape index (κ3) is 2.29. The summed E-state index contributed by atoms with van der Waals surface area (Å²) >= 11 is 0. The van der Waals surface area contributed by atoms with Gasteiger partial charge < -0.3 is 4.84 Å². The molecule has 2 atom stereocenters. The lowest BCUT2D eigenvalue weighted by molar-refractivity contribution is -0.205. The first kappa shape index (κ1) is 13.8. The van der Waals surface area contributed by atoms with Crippen molar-refractivity contribution in [2.24, 2.45) is 17.3 Å². The summed E-state index contributed by atoms with van der Waals surface area (Å²) in [6.07, 6.45) is 5.46. The van der Waals surface area contributed by atoms with E-state index in [9.17, 15) is 14.4 Å². The van der Waals surface area contributed by atoms with Crippen LogP contribution in [0.1, 0.15) is 40.0 Å². The molecule has 1 saturated heterocycles. The molecule has 2 unspecified atom stereocenters. The van der Waals surface area contributed by atoms with Crippen LogP contribution in [-0.2, 0) is 19.2 Å². The molecule has 0 saturated carbocycles. The monoisotopic (exact) mass is 265 g/mol. The van der Waals surface area contributed by atoms with E-state index in [1.54, 1.807) is 13.8 Å². The summed E-state index contributed by atoms with van der Waals surface area (Å²) in [5.74, 6) is -2.05. The molecular formula is C14H19NO4. The van der Waals surface area contributed by atoms with Crippen LogP contribution >= 0.6 is 0 Å². The molecular weight excluding hydrogens is 246 g/mol. The van der Waals surface area contributed by atoms with Gasteiger partial charge in [-0.15, -0.1) is 5.06 Å². The molecule has 0 aromatic rings. The quantitative estimate of drug-likeness (QED) is 0.577. The third-order valence-corrected chi connectivity index (χ3v) is 4.08. The molecule has 1 aliphatic heterocycles. The molecule has 2 rings (SSSR count). The zero-order valence-electron chi connectivity index (χ0n) is 11.5. The molecule has 0 spiro atoms. The maximum Gasteiger partial charge on any atom is 0.338 e. The second-order valence-electron chi connectivity index (χ2n) is 5.74. The second kappa shape index (κ2) is 4.79. The van der Waals surface area contributed by atoms with Gasteiger partial charge in [0.1, 0.15) is 0 Å². The van der Waals surface area contributed by atoms with Crippen molar-refractivity contribution >= 4 is 17.8 Å². The summed E-state index contributed by atoms with van der Waals surface area (Å²) in [6.45, 7) is 5.32. The minimum atomic E-state index is -0.702. The van der Waals surface area contributed by atoms with Crippen LogP contribution in [0.25, 0.3) is 0 Å². The standard InChI is InChI=1S/C14H19NO4/c1-4-14(2,3)13(18)19-15-11(16)9-7-5-6-8-10(9)12(15)17/h5-6,9-10H,4,7-8H2,1-3H3. The highest BCUT2D eigenvalue weighted by Gasteiger charge is 2.50. The Kier molecular flexibility index (Phi) is 3.47. The number of hydrogen-bond acceptors (Lipinski definition) is 4. The molecule has 0 aromatic heterocycles. The predicted molar refractivity (Wildman–Crippen MR) is 67.4 cm³/mol. The first-order valence-corrected chi connectivity index (χ1v) is 6.63. The van der Waals surface area contributed by atoms with Gasteiger partial charge in [0, 0.05) is 0 Å². The topological polar surface area (TPSA) is 63.7 Å². The van der Waals surface area contributed by atoms with Gasteiger partial charge in [0.25, 0.3) is 11.8 Å². The van der Waals surface area contributed by atoms with Crippen molar-refractivity contribution < 1.29 is 19.2 Å². The number of allylic oxidation sites excluding steroid dienone is 2. The number of carbonyl (C=O) groups excluding carboxylic acids is 3. The maximum absolute atomic E-state index is 12.1. The van der Waals surface area contributed by atoms with Crippen LogP contribution in [0.15, 0.2) is 12.2 Å². The largest absolute Gasteiger partial charge is 0.338 e. The van der Waals surface area contributed by atoms with E-state index in [4.69, 9.17) is 4.84 Å². The van der Waals surface area contributed by atoms with E-state index in [0.717, 1.165) is 0 Å². The van der Waals surface area contributed by atoms with Gasteiger partial charge in [-0.05, 0) is 33.1 Å². The third-order valence-electron chi connectivity index (χ3n) is 4.08. The number of fused-ring (bicyclic) bond motifs is 1. The average molecular weight is 265 g/mol. The van der Waals surface area contributed by atoms with E-state index in [2.05, 4.69) is 0 Å². The van der Waals surface area contributed by atoms with Crippen molar-refractivity contribution in [3.8, 4) is 0 Å². The molecule has 5 heteroatoms. The lowest BCUT2D eigenvalue weighted by Crippen LogP contribution is -2.38. The smallest absolute Gasteiger partial charge is 0.330 e. The van der Waals surface area contributed by atoms with Crippen molar-refractivity contribution in [1.29, 1.82) is 0 Å². The summed E-state index contributed by atoms with van der Waals surface area (Å²) < 4.78 is 0. The number of hydrogen-bond donors (Lipinski definition) is 0. The second-order valence-corrected chi connectivity index (χ2v) is 5.74. The molecule has 2 aliphatic rings. The van der Waals surface area contributed by atoms with Crippen molar-refractivity contribution in [2.45, 2.75) is 40.0 Å². The Morgan fingerprint density at radius 3 is 2.16 bits per heavy atom. The van der Waals surface area contributed by atoms with Crippen LogP contribution in [0.5, 0.6) is 0 Å². The van der Waals surface area contributed by atoms with E-state index in [1.165, 1.54) is 0 Å². The molecule has 0 bridgehead atoms. The molecule has 2 amide bonds. The summed E-state index contributed by atoms with van der Waals surface area (Å²) in [4.78, 5) is 41.2. The highest BCUT2D eigenvalue weighted by molar-refractivity contribution is 6.05. The van der Waals surface area contributed by atoms with Gasteiger partial charge in [-0.1, -0.05) is 19.1 Å². The first-order chi connectivity index (χ1) is 8.88. The Labute approximate surface area is 112 Å². The summed E-state index contributed by atoms with van der Waals surface area (Å²) in [7, 11) is 0. The SMILES string of the molecule is CCC(C)(C)C(=O)ON1C(=O)C2CC=CCC2C1=O. The van der Waals surface area contributed by atoms with Gasteiger partial charge >= 0.3 is 5.97 Å². The highest BCUT2D eigenvalue weighted by Crippen LogP contribution is 2.36. The summed E-state index contributed by atoms with van der Waals surface area (Å²) in [5.41, 5.74) is -0.702. The fraction of sp³-hybridized carbons (Fsp3) is 0.643. The van der Waals surface area contributed by atoms with Crippen LogP contribution in [0, 0.1) is 17.3 Å². The fourth-order valence-corrected chi connectivity index (χ4v) is 2.21. The number of carbonyl (C=O) groups is 3. The molecule has 1 fully saturated rings. The van der Waals surface area contributed by atoms with Gasteiger partial charge in [0.15, 0.2) is 0 Å². The van der Waals surface area contributed by atoms with Crippen molar-refractivity contribution in [2.75, 3.05) is 0 Å². The fourth-order valence-electron chi connectivity index (χ4n) is 2.21. The number of amides is 2. The number of rotatable bonds is 3. The lowest BCUT2D eigenvalue weighted by atomic mass is 9.85. The number of imide groups is 1. The van der Waals surface area contributed by atoms with Gasteiger partial charge in [-0.25, -0.2) is 4.79 Å². The van der Waals surface area contributed by atoms with Crippen LogP contribution < -0.4 is 0 Å². The van der Waals surface area contributed by atoms with Crippen molar-refractivity contribution in [3.05, 3.63) is 12.2 Å². The zero-order valence-corrected chi connectivity index (χ0v) is 11.5. The van der Waals surface area contributed by atoms with Crippen LogP contribution in [0.4, 0.5) is 0 Å². The average Bonchev–Trinajstić information content (AvgIpc) is 2.64. The van der Waals surface area contributed by atoms with Gasteiger partial charge in [0.05, 0.1) is 17.3 Å². The van der Waals surface area contributed by atoms with Crippen molar-refractivity contribution in [3.63, 3.8) is 0 Å². The van der Waals surface area contributed by atoms with Crippen molar-refractivity contribution in [1.82, 2.24) is 5.06 Å². The van der Waals surface area contributed by atoms with E-state index in [1.807, 2.05) is 19.1 Å². The highest BCUT2D eigenvalue weighted by atomic mass is 16.7. The molecule has 0 N–H and O–H groups in total. The minimum Gasteiger partial charge on any atom is -0.330 e. The van der Waals surface area contributed by atoms with E-state index in [0.29, 0.717) is 24.3 Å². The Bertz CT molecular complexity index is 426. The first-order valence-electron chi connectivity index (χ1n) is 6.63. The summed E-state index contributed by atoms with van der Waals surface area (Å²) in [5, 5.41) is 0.683. The van der Waals surface area contributed by atoms with E-state index < -0.39 is 11.4 Å². The number of hydroxylamine groups is 2. The normalized spacial score (nSPS) is 26.6. The molecule has 1 heterocycles. The molecule has 0 aromatic carbocycles. The Balaban J connectivity index is 2.12. The van der Waals surface area contributed by atoms with Crippen LogP contribution in [0.2, 0.25) is 0 Å². The van der Waals surface area contributed by atoms with Gasteiger partial charge in [-0.3, -0.25) is 9.59 Å². The lowest BCUT2D eigenvalue weighted by Gasteiger charge is -2.23. The molecule has 19 heavy (non-hydrogen) atoms. The molecule has 0 radical (unpaired) electrons. The Morgan fingerprint density at radius 1 is 1.26 bits per heavy atom. The number of nitrogens with zero attached hydrogens (tertiary/aromatic N) is 1. The zero-order chi connectivity index (χ0) is 14.2. The summed E-state index contributed by atoms with van der Waals surface area (Å²) in [6, 6.07) is 0. The predicted octanol–water partition coefficient (Wildman–Crippen LogP) is 1.83. The molecule has 104 valence electrons. The van der Waals surface area contributed by atoms with E-state index in [-0.39, 0.29) is 23.7 Å². The maximum atomic E-state index is 12.1. The Hall–Kier alpha value is -1.65. The van der Waals surface area contributed by atoms with Gasteiger partial charge in [-0.2, -0.15) is 0 Å². The minimum absolute atomic E-state index is 0.366. The van der Waals surface area contributed by atoms with Gasteiger partial charge in [0.2, 0.25) is 0 Å². The molecule has 1 aliphatic carbocycles. The Morgan fingerprint density at radius 2 is 1.74 bits per heavy atom. The van der Waals surface area contributed by atoms with E-state index >= 15 is 0 Å². The van der Waals surface area contributed by atoms with Crippen LogP contribution in [0.3, 0.4) is 0 Å². The molecule has 5 nitrogen and oxygen atoms in total. The van der Waals surface area contributed by atoms with Crippen LogP contribution in [-0.4, -0.2) is 22.8 Å².